The van der Waals surface area contributed by atoms with Crippen LogP contribution in [-0.2, 0) is 21.4 Å². The molecule has 1 fully saturated rings. The predicted molar refractivity (Wildman–Crippen MR) is 82.1 cm³/mol. The number of hydrogen-bond donors (Lipinski definition) is 1. The third-order valence-corrected chi connectivity index (χ3v) is 5.77. The van der Waals surface area contributed by atoms with E-state index in [4.69, 9.17) is 9.88 Å². The largest absolute Gasteiger partial charge is 0.375 e. The minimum atomic E-state index is -3.46. The molecule has 1 aliphatic carbocycles. The van der Waals surface area contributed by atoms with Gasteiger partial charge in [0.05, 0.1) is 19.0 Å². The first-order valence-corrected chi connectivity index (χ1v) is 9.69. The highest BCUT2D eigenvalue weighted by Gasteiger charge is 2.35. The smallest absolute Gasteiger partial charge is 0.209 e. The van der Waals surface area contributed by atoms with Crippen molar-refractivity contribution in [1.82, 2.24) is 0 Å². The van der Waals surface area contributed by atoms with Gasteiger partial charge in [-0.15, -0.1) is 11.3 Å². The number of rotatable bonds is 6. The van der Waals surface area contributed by atoms with Gasteiger partial charge in [-0.05, 0) is 24.3 Å². The fourth-order valence-corrected chi connectivity index (χ4v) is 4.86. The van der Waals surface area contributed by atoms with Crippen molar-refractivity contribution in [2.75, 3.05) is 12.4 Å². The molecule has 20 heavy (non-hydrogen) atoms. The van der Waals surface area contributed by atoms with Crippen molar-refractivity contribution in [2.24, 2.45) is 10.6 Å². The second-order valence-corrected chi connectivity index (χ2v) is 8.44. The number of primary sulfonamides is 1. The van der Waals surface area contributed by atoms with E-state index in [9.17, 15) is 8.42 Å². The zero-order valence-corrected chi connectivity index (χ0v) is 13.3. The average molecular weight is 317 g/mol. The maximum Gasteiger partial charge on any atom is 0.209 e. The first kappa shape index (κ1) is 15.9. The molecule has 0 bridgehead atoms. The summed E-state index contributed by atoms with van der Waals surface area (Å²) in [5, 5.41) is 7.31. The number of ether oxygens (including phenoxy) is 1. The van der Waals surface area contributed by atoms with Crippen LogP contribution in [0, 0.1) is 5.41 Å². The first-order valence-electron chi connectivity index (χ1n) is 7.10. The Bertz CT molecular complexity index is 488. The number of nitrogens with two attached hydrogens (primary N) is 1. The van der Waals surface area contributed by atoms with Gasteiger partial charge in [0.2, 0.25) is 10.0 Å². The van der Waals surface area contributed by atoms with Gasteiger partial charge >= 0.3 is 0 Å². The summed E-state index contributed by atoms with van der Waals surface area (Å²) in [5.41, 5.74) is -0.290. The lowest BCUT2D eigenvalue weighted by Gasteiger charge is -2.31. The van der Waals surface area contributed by atoms with Gasteiger partial charge in [-0.2, -0.15) is 0 Å². The molecule has 0 saturated heterocycles. The van der Waals surface area contributed by atoms with Crippen LogP contribution in [0.1, 0.15) is 43.4 Å². The van der Waals surface area contributed by atoms with Crippen LogP contribution >= 0.6 is 11.3 Å². The average Bonchev–Trinajstić information content (AvgIpc) is 2.75. The van der Waals surface area contributed by atoms with E-state index in [1.807, 2.05) is 17.5 Å². The molecule has 0 atom stereocenters. The molecule has 0 aliphatic heterocycles. The zero-order chi connectivity index (χ0) is 14.5. The van der Waals surface area contributed by atoms with Crippen LogP contribution in [0.15, 0.2) is 17.5 Å². The molecule has 114 valence electrons. The standard InChI is InChI=1S/C14H23NO3S2/c15-20(16,17)12-14(7-3-1-2-4-8-14)11-18-10-13-6-5-9-19-13/h5-6,9H,1-4,7-8,10-12H2,(H2,15,16,17). The summed E-state index contributed by atoms with van der Waals surface area (Å²) in [5.74, 6) is 0.0461. The SMILES string of the molecule is NS(=O)(=O)CC1(COCc2cccs2)CCCCCC1. The highest BCUT2D eigenvalue weighted by molar-refractivity contribution is 7.89. The van der Waals surface area contributed by atoms with Crippen LogP contribution < -0.4 is 5.14 Å². The minimum absolute atomic E-state index is 0.0461. The Hall–Kier alpha value is -0.430. The molecule has 6 heteroatoms. The molecule has 1 heterocycles. The lowest BCUT2D eigenvalue weighted by Crippen LogP contribution is -2.37. The molecule has 0 spiro atoms. The summed E-state index contributed by atoms with van der Waals surface area (Å²) in [4.78, 5) is 1.17. The molecule has 0 unspecified atom stereocenters. The van der Waals surface area contributed by atoms with Gasteiger partial charge in [0, 0.05) is 10.3 Å². The normalized spacial score (nSPS) is 19.6. The Balaban J connectivity index is 1.97. The van der Waals surface area contributed by atoms with Crippen LogP contribution in [0.4, 0.5) is 0 Å². The fraction of sp³-hybridized carbons (Fsp3) is 0.714. The van der Waals surface area contributed by atoms with E-state index in [2.05, 4.69) is 0 Å². The highest BCUT2D eigenvalue weighted by atomic mass is 32.2. The number of sulfonamides is 1. The van der Waals surface area contributed by atoms with Crippen molar-refractivity contribution in [2.45, 2.75) is 45.1 Å². The van der Waals surface area contributed by atoms with E-state index >= 15 is 0 Å². The molecule has 1 aromatic rings. The van der Waals surface area contributed by atoms with Crippen molar-refractivity contribution in [1.29, 1.82) is 0 Å². The van der Waals surface area contributed by atoms with Crippen molar-refractivity contribution >= 4 is 21.4 Å². The maximum atomic E-state index is 11.5. The van der Waals surface area contributed by atoms with E-state index in [0.717, 1.165) is 25.7 Å². The Labute approximate surface area is 125 Å². The quantitative estimate of drug-likeness (QED) is 0.820. The zero-order valence-electron chi connectivity index (χ0n) is 11.7. The van der Waals surface area contributed by atoms with Gasteiger partial charge in [0.15, 0.2) is 0 Å². The summed E-state index contributed by atoms with van der Waals surface area (Å²) in [7, 11) is -3.46. The second kappa shape index (κ2) is 7.02. The van der Waals surface area contributed by atoms with Gasteiger partial charge in [0.1, 0.15) is 0 Å². The number of hydrogen-bond acceptors (Lipinski definition) is 4. The van der Waals surface area contributed by atoms with Crippen LogP contribution in [-0.4, -0.2) is 20.8 Å². The Morgan fingerprint density at radius 3 is 2.50 bits per heavy atom. The van der Waals surface area contributed by atoms with Gasteiger partial charge in [0.25, 0.3) is 0 Å². The summed E-state index contributed by atoms with van der Waals surface area (Å²) < 4.78 is 28.9. The molecule has 2 N–H and O–H groups in total. The fourth-order valence-electron chi connectivity index (χ4n) is 3.00. The highest BCUT2D eigenvalue weighted by Crippen LogP contribution is 2.36. The van der Waals surface area contributed by atoms with Gasteiger partial charge in [-0.1, -0.05) is 31.7 Å². The van der Waals surface area contributed by atoms with E-state index in [0.29, 0.717) is 13.2 Å². The second-order valence-electron chi connectivity index (χ2n) is 5.79. The molecule has 1 aliphatic rings. The summed E-state index contributed by atoms with van der Waals surface area (Å²) in [6, 6.07) is 4.03. The van der Waals surface area contributed by atoms with Crippen molar-refractivity contribution < 1.29 is 13.2 Å². The van der Waals surface area contributed by atoms with E-state index in [1.54, 1.807) is 11.3 Å². The molecule has 4 nitrogen and oxygen atoms in total. The van der Waals surface area contributed by atoms with Crippen LogP contribution in [0.25, 0.3) is 0 Å². The van der Waals surface area contributed by atoms with Gasteiger partial charge in [-0.25, -0.2) is 13.6 Å². The Morgan fingerprint density at radius 2 is 1.95 bits per heavy atom. The van der Waals surface area contributed by atoms with Gasteiger partial charge in [-0.3, -0.25) is 0 Å². The molecule has 0 amide bonds. The topological polar surface area (TPSA) is 69.4 Å². The summed E-state index contributed by atoms with van der Waals surface area (Å²) in [6.07, 6.45) is 6.28. The molecule has 0 radical (unpaired) electrons. The monoisotopic (exact) mass is 317 g/mol. The van der Waals surface area contributed by atoms with Crippen LogP contribution in [0.3, 0.4) is 0 Å². The third kappa shape index (κ3) is 5.16. The van der Waals surface area contributed by atoms with Crippen molar-refractivity contribution in [3.8, 4) is 0 Å². The molecule has 2 rings (SSSR count). The molecular weight excluding hydrogens is 294 g/mol. The summed E-state index contributed by atoms with van der Waals surface area (Å²) in [6.45, 7) is 1.05. The Kier molecular flexibility index (Phi) is 5.60. The van der Waals surface area contributed by atoms with Crippen molar-refractivity contribution in [3.05, 3.63) is 22.4 Å². The Morgan fingerprint density at radius 1 is 1.25 bits per heavy atom. The van der Waals surface area contributed by atoms with Crippen LogP contribution in [0.2, 0.25) is 0 Å². The summed E-state index contributed by atoms with van der Waals surface area (Å²) >= 11 is 1.66. The van der Waals surface area contributed by atoms with E-state index in [1.165, 1.54) is 17.7 Å². The first-order chi connectivity index (χ1) is 9.49. The lowest BCUT2D eigenvalue weighted by molar-refractivity contribution is 0.0371. The molecule has 0 aromatic carbocycles. The van der Waals surface area contributed by atoms with E-state index in [-0.39, 0.29) is 11.2 Å². The van der Waals surface area contributed by atoms with Crippen LogP contribution in [0.5, 0.6) is 0 Å². The van der Waals surface area contributed by atoms with E-state index < -0.39 is 10.0 Å². The minimum Gasteiger partial charge on any atom is -0.375 e. The molecule has 1 aromatic heterocycles. The molecular formula is C14H23NO3S2. The maximum absolute atomic E-state index is 11.5. The van der Waals surface area contributed by atoms with Gasteiger partial charge < -0.3 is 4.74 Å². The number of thiophene rings is 1. The predicted octanol–water partition coefficient (Wildman–Crippen LogP) is 2.89. The molecule has 1 saturated carbocycles. The van der Waals surface area contributed by atoms with Crippen molar-refractivity contribution in [3.63, 3.8) is 0 Å². The lowest BCUT2D eigenvalue weighted by atomic mass is 9.83. The third-order valence-electron chi connectivity index (χ3n) is 3.90.